The van der Waals surface area contributed by atoms with Crippen molar-refractivity contribution >= 4 is 5.91 Å². The highest BCUT2D eigenvalue weighted by Crippen LogP contribution is 2.22. The number of hydrogen-bond acceptors (Lipinski definition) is 4. The largest absolute Gasteiger partial charge is 0.494 e. The van der Waals surface area contributed by atoms with Gasteiger partial charge in [0, 0.05) is 50.9 Å². The highest BCUT2D eigenvalue weighted by molar-refractivity contribution is 5.94. The fraction of sp³-hybridized carbons (Fsp3) is 0.562. The Kier molecular flexibility index (Phi) is 4.59. The number of benzene rings is 1. The molecule has 1 amide bonds. The molecule has 2 heterocycles. The van der Waals surface area contributed by atoms with Crippen LogP contribution in [-0.4, -0.2) is 68.1 Å². The van der Waals surface area contributed by atoms with Crippen LogP contribution in [0.4, 0.5) is 4.39 Å². The van der Waals surface area contributed by atoms with E-state index in [9.17, 15) is 9.18 Å². The third kappa shape index (κ3) is 3.08. The molecule has 1 atom stereocenters. The van der Waals surface area contributed by atoms with Gasteiger partial charge in [0.25, 0.3) is 5.91 Å². The number of nitrogens with zero attached hydrogens (tertiary/aromatic N) is 2. The highest BCUT2D eigenvalue weighted by atomic mass is 19.1. The van der Waals surface area contributed by atoms with Crippen molar-refractivity contribution in [2.75, 3.05) is 46.4 Å². The quantitative estimate of drug-likeness (QED) is 0.903. The molecule has 2 saturated heterocycles. The summed E-state index contributed by atoms with van der Waals surface area (Å²) in [5.74, 6) is -0.429. The lowest BCUT2D eigenvalue weighted by molar-refractivity contribution is 0.0773. The third-order valence-corrected chi connectivity index (χ3v) is 4.52. The van der Waals surface area contributed by atoms with E-state index in [0.717, 1.165) is 45.7 Å². The van der Waals surface area contributed by atoms with Crippen LogP contribution in [0.3, 0.4) is 0 Å². The molecule has 6 heteroatoms. The number of methoxy groups -OCH3 is 1. The number of ether oxygens (including phenoxy) is 1. The minimum absolute atomic E-state index is 0.0980. The average molecular weight is 307 g/mol. The fourth-order valence-electron chi connectivity index (χ4n) is 3.25. The summed E-state index contributed by atoms with van der Waals surface area (Å²) in [5.41, 5.74) is 0.388. The Balaban J connectivity index is 1.64. The second kappa shape index (κ2) is 6.62. The first-order chi connectivity index (χ1) is 10.7. The molecule has 1 aromatic rings. The SMILES string of the molecule is COc1ccc(C(=O)N2CCC(N3CCNCC3)C2)cc1F. The first-order valence-corrected chi connectivity index (χ1v) is 7.76. The molecule has 2 aliphatic rings. The van der Waals surface area contributed by atoms with Crippen LogP contribution in [0.5, 0.6) is 5.75 Å². The zero-order valence-corrected chi connectivity index (χ0v) is 12.8. The van der Waals surface area contributed by atoms with E-state index in [-0.39, 0.29) is 11.7 Å². The third-order valence-electron chi connectivity index (χ3n) is 4.52. The van der Waals surface area contributed by atoms with Gasteiger partial charge in [-0.3, -0.25) is 9.69 Å². The van der Waals surface area contributed by atoms with E-state index in [0.29, 0.717) is 11.6 Å². The lowest BCUT2D eigenvalue weighted by atomic mass is 10.2. The Morgan fingerprint density at radius 2 is 2.09 bits per heavy atom. The van der Waals surface area contributed by atoms with Gasteiger partial charge >= 0.3 is 0 Å². The molecule has 2 aliphatic heterocycles. The summed E-state index contributed by atoms with van der Waals surface area (Å²) in [4.78, 5) is 16.8. The van der Waals surface area contributed by atoms with Crippen molar-refractivity contribution in [2.24, 2.45) is 0 Å². The Morgan fingerprint density at radius 1 is 1.32 bits per heavy atom. The summed E-state index contributed by atoms with van der Waals surface area (Å²) < 4.78 is 18.6. The molecule has 0 spiro atoms. The number of hydrogen-bond donors (Lipinski definition) is 1. The molecular formula is C16H22FN3O2. The van der Waals surface area contributed by atoms with Gasteiger partial charge in [0.2, 0.25) is 0 Å². The minimum atomic E-state index is -0.494. The van der Waals surface area contributed by atoms with Crippen LogP contribution < -0.4 is 10.1 Å². The van der Waals surface area contributed by atoms with Crippen LogP contribution in [0, 0.1) is 5.82 Å². The average Bonchev–Trinajstić information content (AvgIpc) is 3.05. The highest BCUT2D eigenvalue weighted by Gasteiger charge is 2.31. The van der Waals surface area contributed by atoms with Crippen LogP contribution in [0.15, 0.2) is 18.2 Å². The van der Waals surface area contributed by atoms with Gasteiger partial charge in [-0.2, -0.15) is 0 Å². The van der Waals surface area contributed by atoms with Crippen molar-refractivity contribution in [1.82, 2.24) is 15.1 Å². The maximum Gasteiger partial charge on any atom is 0.254 e. The van der Waals surface area contributed by atoms with Gasteiger partial charge in [-0.15, -0.1) is 0 Å². The predicted molar refractivity (Wildman–Crippen MR) is 81.7 cm³/mol. The van der Waals surface area contributed by atoms with E-state index >= 15 is 0 Å². The molecular weight excluding hydrogens is 285 g/mol. The topological polar surface area (TPSA) is 44.8 Å². The number of rotatable bonds is 3. The van der Waals surface area contributed by atoms with Gasteiger partial charge in [0.05, 0.1) is 7.11 Å². The molecule has 0 radical (unpaired) electrons. The monoisotopic (exact) mass is 307 g/mol. The van der Waals surface area contributed by atoms with E-state index in [2.05, 4.69) is 10.2 Å². The molecule has 22 heavy (non-hydrogen) atoms. The Morgan fingerprint density at radius 3 is 2.77 bits per heavy atom. The van der Waals surface area contributed by atoms with Crippen LogP contribution in [0.25, 0.3) is 0 Å². The zero-order chi connectivity index (χ0) is 15.5. The Bertz CT molecular complexity index is 546. The van der Waals surface area contributed by atoms with Crippen molar-refractivity contribution in [3.63, 3.8) is 0 Å². The van der Waals surface area contributed by atoms with Gasteiger partial charge in [-0.25, -0.2) is 4.39 Å². The van der Waals surface area contributed by atoms with Gasteiger partial charge in [0.15, 0.2) is 11.6 Å². The molecule has 0 bridgehead atoms. The normalized spacial score (nSPS) is 22.8. The van der Waals surface area contributed by atoms with Crippen LogP contribution in [-0.2, 0) is 0 Å². The molecule has 0 aliphatic carbocycles. The van der Waals surface area contributed by atoms with Crippen LogP contribution in [0.2, 0.25) is 0 Å². The first-order valence-electron chi connectivity index (χ1n) is 7.76. The van der Waals surface area contributed by atoms with Crippen molar-refractivity contribution in [1.29, 1.82) is 0 Å². The number of carbonyl (C=O) groups is 1. The fourth-order valence-corrected chi connectivity index (χ4v) is 3.25. The standard InChI is InChI=1S/C16H22FN3O2/c1-22-15-3-2-12(10-14(15)17)16(21)20-7-4-13(11-20)19-8-5-18-6-9-19/h2-3,10,13,18H,4-9,11H2,1H3. The van der Waals surface area contributed by atoms with E-state index in [1.807, 2.05) is 4.90 Å². The van der Waals surface area contributed by atoms with E-state index in [4.69, 9.17) is 4.74 Å². The van der Waals surface area contributed by atoms with E-state index < -0.39 is 5.82 Å². The molecule has 120 valence electrons. The summed E-state index contributed by atoms with van der Waals surface area (Å²) >= 11 is 0. The summed E-state index contributed by atoms with van der Waals surface area (Å²) in [6.45, 7) is 5.55. The summed E-state index contributed by atoms with van der Waals surface area (Å²) in [5, 5.41) is 3.34. The van der Waals surface area contributed by atoms with Crippen molar-refractivity contribution in [3.05, 3.63) is 29.6 Å². The zero-order valence-electron chi connectivity index (χ0n) is 12.8. The number of amides is 1. The second-order valence-electron chi connectivity index (χ2n) is 5.83. The van der Waals surface area contributed by atoms with Gasteiger partial charge in [-0.1, -0.05) is 0 Å². The Hall–Kier alpha value is -1.66. The first kappa shape index (κ1) is 15.2. The summed E-state index contributed by atoms with van der Waals surface area (Å²) in [6, 6.07) is 4.82. The molecule has 3 rings (SSSR count). The number of halogens is 1. The molecule has 5 nitrogen and oxygen atoms in total. The maximum atomic E-state index is 13.8. The van der Waals surface area contributed by atoms with Crippen molar-refractivity contribution in [2.45, 2.75) is 12.5 Å². The lowest BCUT2D eigenvalue weighted by Gasteiger charge is -2.32. The number of likely N-dealkylation sites (tertiary alicyclic amines) is 1. The van der Waals surface area contributed by atoms with Gasteiger partial charge in [0.1, 0.15) is 0 Å². The molecule has 1 unspecified atom stereocenters. The van der Waals surface area contributed by atoms with E-state index in [1.165, 1.54) is 19.2 Å². The number of nitrogens with one attached hydrogen (secondary N) is 1. The molecule has 2 fully saturated rings. The smallest absolute Gasteiger partial charge is 0.254 e. The number of carbonyl (C=O) groups excluding carboxylic acids is 1. The summed E-state index contributed by atoms with van der Waals surface area (Å²) in [6.07, 6.45) is 0.990. The minimum Gasteiger partial charge on any atom is -0.494 e. The molecule has 1 aromatic carbocycles. The van der Waals surface area contributed by atoms with Crippen molar-refractivity contribution in [3.8, 4) is 5.75 Å². The molecule has 1 N–H and O–H groups in total. The van der Waals surface area contributed by atoms with Crippen molar-refractivity contribution < 1.29 is 13.9 Å². The maximum absolute atomic E-state index is 13.8. The van der Waals surface area contributed by atoms with Gasteiger partial charge in [-0.05, 0) is 24.6 Å². The molecule has 0 aromatic heterocycles. The summed E-state index contributed by atoms with van der Waals surface area (Å²) in [7, 11) is 1.42. The predicted octanol–water partition coefficient (Wildman–Crippen LogP) is 0.954. The van der Waals surface area contributed by atoms with Gasteiger partial charge < -0.3 is 15.0 Å². The van der Waals surface area contributed by atoms with E-state index in [1.54, 1.807) is 6.07 Å². The second-order valence-corrected chi connectivity index (χ2v) is 5.83. The van der Waals surface area contributed by atoms with Crippen LogP contribution >= 0.6 is 0 Å². The molecule has 0 saturated carbocycles. The number of piperazine rings is 1. The lowest BCUT2D eigenvalue weighted by Crippen LogP contribution is -2.49. The van der Waals surface area contributed by atoms with Crippen LogP contribution in [0.1, 0.15) is 16.8 Å². The Labute approximate surface area is 130 Å².